The summed E-state index contributed by atoms with van der Waals surface area (Å²) in [6.07, 6.45) is -2.24. The smallest absolute Gasteiger partial charge is 0.365 e. The van der Waals surface area contributed by atoms with E-state index in [9.17, 15) is 24.3 Å². The number of aromatic nitrogens is 4. The number of aliphatic hydroxyl groups is 1. The Morgan fingerprint density at radius 1 is 1.57 bits per heavy atom. The highest BCUT2D eigenvalue weighted by molar-refractivity contribution is 7.53. The third kappa shape index (κ3) is 4.12. The molecule has 0 aliphatic carbocycles. The van der Waals surface area contributed by atoms with Gasteiger partial charge in [0.15, 0.2) is 11.5 Å². The van der Waals surface area contributed by atoms with E-state index in [0.29, 0.717) is 0 Å². The molecule has 0 amide bonds. The summed E-state index contributed by atoms with van der Waals surface area (Å²) in [7, 11) is -5.05. The van der Waals surface area contributed by atoms with Crippen molar-refractivity contribution in [2.75, 3.05) is 25.6 Å². The number of hydrogen-bond donors (Lipinski definition) is 4. The maximum absolute atomic E-state index is 15.7. The number of nitrogens with two attached hydrogens (primary N) is 1. The van der Waals surface area contributed by atoms with E-state index in [1.54, 1.807) is 0 Å². The summed E-state index contributed by atoms with van der Waals surface area (Å²) in [5.74, 6) is -6.23. The first-order valence-corrected chi connectivity index (χ1v) is 10.5. The molecule has 13 nitrogen and oxygen atoms in total. The number of fused-ring (bicyclic) bond motifs is 1. The highest BCUT2D eigenvalue weighted by Gasteiger charge is 2.53. The van der Waals surface area contributed by atoms with Crippen molar-refractivity contribution in [3.63, 3.8) is 0 Å². The van der Waals surface area contributed by atoms with Crippen LogP contribution in [0.1, 0.15) is 6.92 Å². The van der Waals surface area contributed by atoms with Crippen LogP contribution in [0.3, 0.4) is 0 Å². The van der Waals surface area contributed by atoms with Crippen LogP contribution >= 0.6 is 19.2 Å². The highest BCUT2D eigenvalue weighted by Crippen LogP contribution is 2.43. The Morgan fingerprint density at radius 3 is 2.90 bits per heavy atom. The normalized spacial score (nSPS) is 25.5. The second kappa shape index (κ2) is 8.30. The average molecular weight is 470 g/mol. The lowest BCUT2D eigenvalue weighted by Gasteiger charge is -2.26. The van der Waals surface area contributed by atoms with Gasteiger partial charge in [0.2, 0.25) is 11.1 Å². The molecule has 0 radical (unpaired) electrons. The number of esters is 1. The number of rotatable bonds is 7. The lowest BCUT2D eigenvalue weighted by Crippen LogP contribution is -2.44. The van der Waals surface area contributed by atoms with Crippen molar-refractivity contribution >= 4 is 42.1 Å². The Labute approximate surface area is 173 Å². The molecule has 1 aliphatic rings. The standard InChI is InChI=1S/C14H18ClFN5O8P/c1-2-27-11(23)12(30(24,25)26)28-3-6-8(22)14(16,4-29-6)21-5-18-7-9(17)19-13(15)20-10(7)21/h5-6,8,12,22H,2-4H2,1H3,(H2,17,19,20)(H2,24,25,26)/t6-,8-,12?,14+/m1/s1. The Kier molecular flexibility index (Phi) is 6.30. The maximum atomic E-state index is 15.7. The second-order valence-electron chi connectivity index (χ2n) is 6.30. The summed E-state index contributed by atoms with van der Waals surface area (Å²) in [6, 6.07) is 0. The first-order valence-electron chi connectivity index (χ1n) is 8.47. The van der Waals surface area contributed by atoms with E-state index in [2.05, 4.69) is 19.7 Å². The Morgan fingerprint density at radius 2 is 2.27 bits per heavy atom. The summed E-state index contributed by atoms with van der Waals surface area (Å²) in [4.78, 5) is 41.8. The van der Waals surface area contributed by atoms with Gasteiger partial charge in [-0.15, -0.1) is 0 Å². The number of halogens is 2. The van der Waals surface area contributed by atoms with Crippen molar-refractivity contribution in [2.45, 2.75) is 30.8 Å². The van der Waals surface area contributed by atoms with Gasteiger partial charge in [-0.25, -0.2) is 14.2 Å². The number of hydrogen-bond acceptors (Lipinski definition) is 10. The predicted octanol–water partition coefficient (Wildman–Crippen LogP) is -0.473. The molecule has 30 heavy (non-hydrogen) atoms. The number of carbonyl (C=O) groups excluding carboxylic acids is 1. The summed E-state index contributed by atoms with van der Waals surface area (Å²) in [6.45, 7) is -0.106. The van der Waals surface area contributed by atoms with Crippen LogP contribution in [0.15, 0.2) is 6.33 Å². The van der Waals surface area contributed by atoms with E-state index >= 15 is 4.39 Å². The van der Waals surface area contributed by atoms with Gasteiger partial charge in [-0.2, -0.15) is 9.97 Å². The van der Waals surface area contributed by atoms with Crippen LogP contribution < -0.4 is 5.73 Å². The van der Waals surface area contributed by atoms with Gasteiger partial charge in [0.1, 0.15) is 24.3 Å². The lowest BCUT2D eigenvalue weighted by molar-refractivity contribution is -0.154. The van der Waals surface area contributed by atoms with Crippen molar-refractivity contribution in [2.24, 2.45) is 0 Å². The molecule has 0 spiro atoms. The van der Waals surface area contributed by atoms with Crippen LogP contribution in [0.5, 0.6) is 0 Å². The van der Waals surface area contributed by atoms with Crippen LogP contribution in [0.25, 0.3) is 11.2 Å². The van der Waals surface area contributed by atoms with Crippen LogP contribution in [0.2, 0.25) is 5.28 Å². The Balaban J connectivity index is 1.81. The number of alkyl halides is 1. The topological polar surface area (TPSA) is 192 Å². The van der Waals surface area contributed by atoms with Crippen LogP contribution in [0, 0.1) is 0 Å². The van der Waals surface area contributed by atoms with Gasteiger partial charge in [0.05, 0.1) is 19.5 Å². The first-order chi connectivity index (χ1) is 14.0. The highest BCUT2D eigenvalue weighted by atomic mass is 35.5. The summed E-state index contributed by atoms with van der Waals surface area (Å²) >= 11 is 5.76. The van der Waals surface area contributed by atoms with Crippen molar-refractivity contribution in [3.8, 4) is 0 Å². The fourth-order valence-corrected chi connectivity index (χ4v) is 3.71. The molecule has 1 aliphatic heterocycles. The molecule has 1 saturated heterocycles. The average Bonchev–Trinajstić information content (AvgIpc) is 3.18. The molecule has 0 aromatic carbocycles. The molecule has 16 heteroatoms. The second-order valence-corrected chi connectivity index (χ2v) is 8.29. The van der Waals surface area contributed by atoms with Gasteiger partial charge in [-0.3, -0.25) is 9.13 Å². The minimum absolute atomic E-state index is 0.0483. The van der Waals surface area contributed by atoms with Crippen LogP contribution in [0.4, 0.5) is 10.2 Å². The molecular formula is C14H18ClFN5O8P. The van der Waals surface area contributed by atoms with Crippen molar-refractivity contribution in [3.05, 3.63) is 11.6 Å². The lowest BCUT2D eigenvalue weighted by atomic mass is 10.1. The largest absolute Gasteiger partial charge is 0.464 e. The zero-order valence-corrected chi connectivity index (χ0v) is 17.0. The third-order valence-corrected chi connectivity index (χ3v) is 5.45. The first kappa shape index (κ1) is 22.7. The summed E-state index contributed by atoms with van der Waals surface area (Å²) < 4.78 is 42.7. The fourth-order valence-electron chi connectivity index (χ4n) is 2.90. The predicted molar refractivity (Wildman–Crippen MR) is 98.0 cm³/mol. The molecule has 3 rings (SSSR count). The number of imidazole rings is 1. The van der Waals surface area contributed by atoms with Crippen molar-refractivity contribution < 1.29 is 42.9 Å². The molecule has 1 fully saturated rings. The van der Waals surface area contributed by atoms with Crippen LogP contribution in [-0.4, -0.2) is 78.3 Å². The van der Waals surface area contributed by atoms with Gasteiger partial charge in [0.25, 0.3) is 5.85 Å². The fraction of sp³-hybridized carbons (Fsp3) is 0.571. The van der Waals surface area contributed by atoms with E-state index in [1.165, 1.54) is 6.92 Å². The van der Waals surface area contributed by atoms with E-state index in [1.807, 2.05) is 0 Å². The molecular weight excluding hydrogens is 452 g/mol. The number of carbonyl (C=O) groups is 1. The molecule has 0 bridgehead atoms. The molecule has 0 saturated carbocycles. The maximum Gasteiger partial charge on any atom is 0.365 e. The summed E-state index contributed by atoms with van der Waals surface area (Å²) in [5.41, 5.74) is 5.63. The zero-order chi connectivity index (χ0) is 22.3. The molecule has 1 unspecified atom stereocenters. The van der Waals surface area contributed by atoms with Gasteiger partial charge >= 0.3 is 13.6 Å². The monoisotopic (exact) mass is 469 g/mol. The molecule has 2 aromatic heterocycles. The quantitative estimate of drug-likeness (QED) is 0.232. The van der Waals surface area contributed by atoms with Gasteiger partial charge in [-0.1, -0.05) is 0 Å². The number of nitrogen functional groups attached to an aromatic ring is 1. The molecule has 5 N–H and O–H groups in total. The van der Waals surface area contributed by atoms with Crippen molar-refractivity contribution in [1.29, 1.82) is 0 Å². The number of ether oxygens (including phenoxy) is 3. The van der Waals surface area contributed by atoms with Crippen LogP contribution in [-0.2, 0) is 29.4 Å². The molecule has 2 aromatic rings. The SMILES string of the molecule is CCOC(=O)C(OC[C@H]1OC[C@](F)(n2cnc3c(N)nc(Cl)nc32)[C@@H]1O)P(=O)(O)O. The van der Waals surface area contributed by atoms with E-state index in [0.717, 1.165) is 10.9 Å². The molecule has 4 atom stereocenters. The van der Waals surface area contributed by atoms with Gasteiger partial charge in [-0.05, 0) is 18.5 Å². The van der Waals surface area contributed by atoms with E-state index in [-0.39, 0.29) is 28.9 Å². The molecule has 3 heterocycles. The Bertz CT molecular complexity index is 1000. The van der Waals surface area contributed by atoms with Gasteiger partial charge < -0.3 is 34.8 Å². The zero-order valence-electron chi connectivity index (χ0n) is 15.4. The van der Waals surface area contributed by atoms with E-state index in [4.69, 9.17) is 26.8 Å². The minimum atomic E-state index is -5.05. The number of aliphatic hydroxyl groups excluding tert-OH is 1. The minimum Gasteiger partial charge on any atom is -0.464 e. The third-order valence-electron chi connectivity index (χ3n) is 4.31. The summed E-state index contributed by atoms with van der Waals surface area (Å²) in [5, 5.41) is 10.2. The number of nitrogens with zero attached hydrogens (tertiary/aromatic N) is 4. The van der Waals surface area contributed by atoms with E-state index < -0.39 is 50.6 Å². The molecule has 166 valence electrons. The van der Waals surface area contributed by atoms with Gasteiger partial charge in [0, 0.05) is 0 Å². The number of anilines is 1. The van der Waals surface area contributed by atoms with Crippen molar-refractivity contribution in [1.82, 2.24) is 19.5 Å². The Hall–Kier alpha value is -1.93.